The van der Waals surface area contributed by atoms with Crippen LogP contribution in [0.2, 0.25) is 0 Å². The van der Waals surface area contributed by atoms with Crippen LogP contribution in [0, 0.1) is 0 Å². The molecule has 584 valence electrons. The number of carbonyl (C=O) groups excluding carboxylic acids is 1. The summed E-state index contributed by atoms with van der Waals surface area (Å²) in [6.45, 7) is 1.62. The fraction of sp³-hybridized carbons (Fsp3) is 0.793. The van der Waals surface area contributed by atoms with E-state index in [1.165, 1.54) is 173 Å². The molecule has 0 radical (unpaired) electrons. The highest BCUT2D eigenvalue weighted by Crippen LogP contribution is 2.33. The number of hydrogen-bond donors (Lipinski definition) is 12. The van der Waals surface area contributed by atoms with E-state index in [0.29, 0.717) is 12.8 Å². The summed E-state index contributed by atoms with van der Waals surface area (Å²) in [4.78, 5) is 13.5. The lowest BCUT2D eigenvalue weighted by molar-refractivity contribution is -0.379. The summed E-state index contributed by atoms with van der Waals surface area (Å²) >= 11 is 0. The molecule has 3 aliphatic rings. The van der Waals surface area contributed by atoms with E-state index >= 15 is 0 Å². The van der Waals surface area contributed by atoms with E-state index < -0.39 is 124 Å². The zero-order valence-corrected chi connectivity index (χ0v) is 62.4. The molecule has 3 rings (SSSR count). The van der Waals surface area contributed by atoms with Gasteiger partial charge in [0.25, 0.3) is 0 Å². The van der Waals surface area contributed by atoms with Gasteiger partial charge in [0.05, 0.1) is 38.6 Å². The van der Waals surface area contributed by atoms with Crippen LogP contribution < -0.4 is 5.32 Å². The largest absolute Gasteiger partial charge is 0.394 e. The molecule has 19 heteroatoms. The monoisotopic (exact) mass is 1430 g/mol. The lowest BCUT2D eigenvalue weighted by atomic mass is 9.96. The predicted molar refractivity (Wildman–Crippen MR) is 401 cm³/mol. The maximum Gasteiger partial charge on any atom is 0.220 e. The van der Waals surface area contributed by atoms with E-state index in [9.17, 15) is 61.0 Å². The highest BCUT2D eigenvalue weighted by molar-refractivity contribution is 5.76. The molecule has 0 aromatic rings. The molecule has 0 aromatic heterocycles. The second kappa shape index (κ2) is 61.8. The van der Waals surface area contributed by atoms with Gasteiger partial charge in [0.1, 0.15) is 73.2 Å². The minimum absolute atomic E-state index is 0.233. The molecule has 17 atom stereocenters. The normalized spacial score (nSPS) is 26.8. The standard InChI is InChI=1S/C82H143NO18/c1-3-5-7-9-11-13-15-17-19-21-23-24-25-26-27-28-29-30-31-32-33-34-35-36-37-38-39-40-42-44-46-48-50-52-54-56-58-60-70(88)83-65(66(87)59-57-55-53-51-49-47-45-43-41-22-20-18-16-14-12-10-8-6-4-2)64-96-80-76(94)73(91)78(68(62-85)98-80)101-82-77(95)74(92)79(69(63-86)99-82)100-81-75(93)72(90)71(89)67(61-84)97-81/h5,7,11,13,17,19,23-24,26-27,29-30,49,51,57,59,65-69,71-82,84-87,89-95H,3-4,6,8-10,12,14-16,18,20-22,25,28,31-48,50,52-56,58,60-64H2,1-2H3,(H,83,88)/b7-5-,13-11-,19-17-,24-23-,27-26-,30-29-,51-49+,59-57+. The molecule has 0 saturated carbocycles. The van der Waals surface area contributed by atoms with Crippen molar-refractivity contribution >= 4 is 5.91 Å². The number of allylic oxidation sites excluding steroid dienone is 15. The molecule has 3 heterocycles. The van der Waals surface area contributed by atoms with Crippen molar-refractivity contribution in [3.63, 3.8) is 0 Å². The van der Waals surface area contributed by atoms with Gasteiger partial charge in [-0.25, -0.2) is 0 Å². The highest BCUT2D eigenvalue weighted by Gasteiger charge is 2.54. The van der Waals surface area contributed by atoms with Crippen molar-refractivity contribution in [1.29, 1.82) is 0 Å². The Morgan fingerprint density at radius 1 is 0.366 bits per heavy atom. The molecule has 1 amide bonds. The number of carbonyl (C=O) groups is 1. The summed E-state index contributed by atoms with van der Waals surface area (Å²) in [5.41, 5.74) is 0. The van der Waals surface area contributed by atoms with Crippen LogP contribution in [0.15, 0.2) is 97.2 Å². The molecule has 3 saturated heterocycles. The number of ether oxygens (including phenoxy) is 6. The fourth-order valence-corrected chi connectivity index (χ4v) is 13.0. The molecular formula is C82H143NO18. The quantitative estimate of drug-likeness (QED) is 0.0199. The Balaban J connectivity index is 1.34. The minimum Gasteiger partial charge on any atom is -0.394 e. The topological polar surface area (TPSA) is 307 Å². The van der Waals surface area contributed by atoms with Crippen molar-refractivity contribution in [1.82, 2.24) is 5.32 Å². The Bertz CT molecular complexity index is 2200. The summed E-state index contributed by atoms with van der Waals surface area (Å²) in [6, 6.07) is -0.994. The molecule has 0 aromatic carbocycles. The van der Waals surface area contributed by atoms with Crippen molar-refractivity contribution < 1.29 is 89.4 Å². The van der Waals surface area contributed by atoms with E-state index in [1.807, 2.05) is 6.08 Å². The van der Waals surface area contributed by atoms with Gasteiger partial charge in [-0.2, -0.15) is 0 Å². The third-order valence-electron chi connectivity index (χ3n) is 19.4. The number of aliphatic hydroxyl groups excluding tert-OH is 11. The third kappa shape index (κ3) is 42.0. The number of aliphatic hydroxyl groups is 11. The molecule has 0 spiro atoms. The molecule has 101 heavy (non-hydrogen) atoms. The molecule has 17 unspecified atom stereocenters. The van der Waals surface area contributed by atoms with Crippen LogP contribution in [0.3, 0.4) is 0 Å². The maximum atomic E-state index is 13.5. The second-order valence-corrected chi connectivity index (χ2v) is 28.1. The average molecular weight is 1430 g/mol. The van der Waals surface area contributed by atoms with Gasteiger partial charge in [0.2, 0.25) is 5.91 Å². The Hall–Kier alpha value is -3.29. The van der Waals surface area contributed by atoms with E-state index in [1.54, 1.807) is 6.08 Å². The van der Waals surface area contributed by atoms with Crippen molar-refractivity contribution in [3.8, 4) is 0 Å². The van der Waals surface area contributed by atoms with Crippen LogP contribution in [0.4, 0.5) is 0 Å². The molecule has 3 aliphatic heterocycles. The molecule has 12 N–H and O–H groups in total. The van der Waals surface area contributed by atoms with E-state index in [2.05, 4.69) is 104 Å². The first-order valence-electron chi connectivity index (χ1n) is 40.0. The summed E-state index contributed by atoms with van der Waals surface area (Å²) in [5, 5.41) is 121. The first kappa shape index (κ1) is 91.9. The lowest BCUT2D eigenvalue weighted by Crippen LogP contribution is -2.66. The van der Waals surface area contributed by atoms with Gasteiger partial charge < -0.3 is 89.9 Å². The summed E-state index contributed by atoms with van der Waals surface area (Å²) in [5.74, 6) is -0.285. The fourth-order valence-electron chi connectivity index (χ4n) is 13.0. The van der Waals surface area contributed by atoms with Crippen molar-refractivity contribution in [2.45, 2.75) is 388 Å². The molecule has 0 bridgehead atoms. The zero-order valence-electron chi connectivity index (χ0n) is 62.4. The Morgan fingerprint density at radius 2 is 0.693 bits per heavy atom. The molecule has 19 nitrogen and oxygen atoms in total. The van der Waals surface area contributed by atoms with Gasteiger partial charge in [-0.05, 0) is 83.5 Å². The lowest BCUT2D eigenvalue weighted by Gasteiger charge is -2.48. The van der Waals surface area contributed by atoms with Crippen LogP contribution in [0.5, 0.6) is 0 Å². The smallest absolute Gasteiger partial charge is 0.220 e. The number of rotatable bonds is 62. The number of unbranched alkanes of at least 4 members (excludes halogenated alkanes) is 32. The number of amides is 1. The molecule has 0 aliphatic carbocycles. The van der Waals surface area contributed by atoms with Gasteiger partial charge in [0, 0.05) is 6.42 Å². The van der Waals surface area contributed by atoms with Gasteiger partial charge in [-0.15, -0.1) is 0 Å². The second-order valence-electron chi connectivity index (χ2n) is 28.1. The minimum atomic E-state index is -1.98. The van der Waals surface area contributed by atoms with Crippen molar-refractivity contribution in [2.75, 3.05) is 26.4 Å². The third-order valence-corrected chi connectivity index (χ3v) is 19.4. The van der Waals surface area contributed by atoms with Crippen LogP contribution >= 0.6 is 0 Å². The first-order valence-corrected chi connectivity index (χ1v) is 40.0. The van der Waals surface area contributed by atoms with Gasteiger partial charge in [-0.1, -0.05) is 291 Å². The highest BCUT2D eigenvalue weighted by atomic mass is 16.8. The van der Waals surface area contributed by atoms with E-state index in [4.69, 9.17) is 28.4 Å². The van der Waals surface area contributed by atoms with Crippen LogP contribution in [-0.2, 0) is 33.2 Å². The van der Waals surface area contributed by atoms with E-state index in [-0.39, 0.29) is 18.9 Å². The zero-order chi connectivity index (χ0) is 73.2. The average Bonchev–Trinajstić information content (AvgIpc) is 0.789. The maximum absolute atomic E-state index is 13.5. The Labute approximate surface area is 609 Å². The Kier molecular flexibility index (Phi) is 56.3. The molecular weight excluding hydrogens is 1290 g/mol. The summed E-state index contributed by atoms with van der Waals surface area (Å²) in [6.07, 6.45) is 56.8. The number of nitrogens with one attached hydrogen (secondary N) is 1. The summed E-state index contributed by atoms with van der Waals surface area (Å²) < 4.78 is 34.4. The van der Waals surface area contributed by atoms with Crippen LogP contribution in [-0.4, -0.2) is 193 Å². The van der Waals surface area contributed by atoms with E-state index in [0.717, 1.165) is 77.0 Å². The van der Waals surface area contributed by atoms with Gasteiger partial charge in [0.15, 0.2) is 18.9 Å². The van der Waals surface area contributed by atoms with Crippen LogP contribution in [0.1, 0.15) is 284 Å². The molecule has 3 fully saturated rings. The Morgan fingerprint density at radius 3 is 1.11 bits per heavy atom. The SMILES string of the molecule is CC/C=C\C/C=C\C/C=C\C/C=C\C/C=C\C/C=C\CCCCCCCCCCCCCCCCCCCCC(=O)NC(COC1OC(CO)C(OC2OC(CO)C(OC3OC(CO)C(O)C(O)C3O)C(O)C2O)C(O)C1O)C(O)/C=C/CC/C=C/CCCCCCCCCCCCCCC. The number of hydrogen-bond acceptors (Lipinski definition) is 18. The first-order chi connectivity index (χ1) is 49.3. The summed E-state index contributed by atoms with van der Waals surface area (Å²) in [7, 11) is 0. The van der Waals surface area contributed by atoms with Crippen molar-refractivity contribution in [2.24, 2.45) is 0 Å². The van der Waals surface area contributed by atoms with Crippen LogP contribution in [0.25, 0.3) is 0 Å². The van der Waals surface area contributed by atoms with Gasteiger partial charge in [-0.3, -0.25) is 4.79 Å². The predicted octanol–water partition coefficient (Wildman–Crippen LogP) is 13.2. The van der Waals surface area contributed by atoms with Crippen molar-refractivity contribution in [3.05, 3.63) is 97.2 Å². The van der Waals surface area contributed by atoms with Gasteiger partial charge >= 0.3 is 0 Å².